The maximum atomic E-state index is 13.3. The maximum Gasteiger partial charge on any atom is 0.393 e. The summed E-state index contributed by atoms with van der Waals surface area (Å²) in [5, 5.41) is 3.12. The molecule has 0 unspecified atom stereocenters. The molecule has 1 saturated carbocycles. The molecule has 2 atom stereocenters. The minimum atomic E-state index is -4.09. The number of rotatable bonds is 3. The lowest BCUT2D eigenvalue weighted by Crippen LogP contribution is -2.63. The second kappa shape index (κ2) is 5.48. The largest absolute Gasteiger partial charge is 0.393 e. The number of nitrogens with one attached hydrogen (secondary N) is 1. The Labute approximate surface area is 120 Å². The predicted octanol–water partition coefficient (Wildman–Crippen LogP) is 3.43. The van der Waals surface area contributed by atoms with Crippen LogP contribution in [0.1, 0.15) is 47.0 Å². The topological polar surface area (TPSA) is 15.3 Å². The van der Waals surface area contributed by atoms with Gasteiger partial charge in [-0.05, 0) is 38.5 Å². The molecule has 1 aliphatic heterocycles. The minimum Gasteiger partial charge on any atom is -0.311 e. The van der Waals surface area contributed by atoms with Crippen LogP contribution in [-0.2, 0) is 0 Å². The van der Waals surface area contributed by atoms with Crippen molar-refractivity contribution < 1.29 is 13.2 Å². The fourth-order valence-electron chi connectivity index (χ4n) is 3.81. The van der Waals surface area contributed by atoms with Crippen LogP contribution in [0, 0.1) is 11.3 Å². The van der Waals surface area contributed by atoms with Gasteiger partial charge >= 0.3 is 6.18 Å². The van der Waals surface area contributed by atoms with Crippen LogP contribution < -0.4 is 5.32 Å². The molecular weight excluding hydrogens is 265 g/mol. The number of halogens is 3. The van der Waals surface area contributed by atoms with E-state index in [1.54, 1.807) is 0 Å². The number of likely N-dealkylation sites (tertiary alicyclic amines) is 1. The van der Waals surface area contributed by atoms with E-state index in [0.29, 0.717) is 18.9 Å². The van der Waals surface area contributed by atoms with E-state index < -0.39 is 18.1 Å². The normalized spacial score (nSPS) is 31.1. The van der Waals surface area contributed by atoms with Crippen molar-refractivity contribution >= 4 is 0 Å². The fraction of sp³-hybridized carbons (Fsp3) is 1.00. The number of nitrogens with zero attached hydrogens (tertiary/aromatic N) is 1. The van der Waals surface area contributed by atoms with Crippen LogP contribution >= 0.6 is 0 Å². The third-order valence-corrected chi connectivity index (χ3v) is 4.90. The van der Waals surface area contributed by atoms with Gasteiger partial charge in [-0.2, -0.15) is 13.2 Å². The quantitative estimate of drug-likeness (QED) is 0.857. The molecule has 20 heavy (non-hydrogen) atoms. The molecule has 0 aromatic heterocycles. The highest BCUT2D eigenvalue weighted by Crippen LogP contribution is 2.50. The second-order valence-electron chi connectivity index (χ2n) is 7.32. The first-order chi connectivity index (χ1) is 9.13. The average Bonchev–Trinajstić information content (AvgIpc) is 2.24. The first-order valence-electron chi connectivity index (χ1n) is 7.70. The van der Waals surface area contributed by atoms with Crippen LogP contribution in [0.15, 0.2) is 0 Å². The molecule has 2 rings (SSSR count). The molecule has 118 valence electrons. The Kier molecular flexibility index (Phi) is 4.41. The van der Waals surface area contributed by atoms with Crippen molar-refractivity contribution in [3.63, 3.8) is 0 Å². The van der Waals surface area contributed by atoms with E-state index >= 15 is 0 Å². The molecule has 2 nitrogen and oxygen atoms in total. The zero-order valence-corrected chi connectivity index (χ0v) is 12.9. The lowest BCUT2D eigenvalue weighted by molar-refractivity contribution is -0.212. The molecule has 0 aromatic rings. The Hall–Kier alpha value is -0.290. The van der Waals surface area contributed by atoms with Crippen molar-refractivity contribution in [3.8, 4) is 0 Å². The second-order valence-corrected chi connectivity index (χ2v) is 7.32. The van der Waals surface area contributed by atoms with Crippen molar-refractivity contribution in [2.24, 2.45) is 11.3 Å². The molecule has 5 heteroatoms. The van der Waals surface area contributed by atoms with Crippen molar-refractivity contribution in [3.05, 3.63) is 0 Å². The van der Waals surface area contributed by atoms with Crippen LogP contribution in [0.25, 0.3) is 0 Å². The monoisotopic (exact) mass is 292 g/mol. The maximum absolute atomic E-state index is 13.3. The molecular formula is C15H27F3N2. The van der Waals surface area contributed by atoms with Gasteiger partial charge in [-0.3, -0.25) is 4.90 Å². The van der Waals surface area contributed by atoms with E-state index in [4.69, 9.17) is 0 Å². The fourth-order valence-corrected chi connectivity index (χ4v) is 3.81. The van der Waals surface area contributed by atoms with Crippen LogP contribution in [-0.4, -0.2) is 42.3 Å². The van der Waals surface area contributed by atoms with Gasteiger partial charge in [0.1, 0.15) is 0 Å². The van der Waals surface area contributed by atoms with E-state index in [1.165, 1.54) is 0 Å². The van der Waals surface area contributed by atoms with Crippen molar-refractivity contribution in [1.82, 2.24) is 10.2 Å². The van der Waals surface area contributed by atoms with Gasteiger partial charge in [0, 0.05) is 31.2 Å². The Morgan fingerprint density at radius 1 is 1.15 bits per heavy atom. The molecule has 1 heterocycles. The average molecular weight is 292 g/mol. The lowest BCUT2D eigenvalue weighted by Gasteiger charge is -2.57. The number of hydrogen-bond donors (Lipinski definition) is 1. The van der Waals surface area contributed by atoms with E-state index in [0.717, 1.165) is 19.5 Å². The first kappa shape index (κ1) is 16.1. The van der Waals surface area contributed by atoms with Crippen LogP contribution in [0.2, 0.25) is 0 Å². The third-order valence-electron chi connectivity index (χ3n) is 4.90. The Balaban J connectivity index is 2.03. The molecule has 0 bridgehead atoms. The van der Waals surface area contributed by atoms with Gasteiger partial charge in [0.15, 0.2) is 0 Å². The lowest BCUT2D eigenvalue weighted by atomic mass is 9.63. The smallest absolute Gasteiger partial charge is 0.311 e. The summed E-state index contributed by atoms with van der Waals surface area (Å²) in [7, 11) is 0. The Bertz CT molecular complexity index is 333. The van der Waals surface area contributed by atoms with Gasteiger partial charge in [-0.15, -0.1) is 0 Å². The Morgan fingerprint density at radius 2 is 1.75 bits per heavy atom. The molecule has 1 saturated heterocycles. The first-order valence-corrected chi connectivity index (χ1v) is 7.70. The summed E-state index contributed by atoms with van der Waals surface area (Å²) in [6.07, 6.45) is -2.22. The van der Waals surface area contributed by atoms with Gasteiger partial charge in [-0.1, -0.05) is 13.8 Å². The summed E-state index contributed by atoms with van der Waals surface area (Å²) in [4.78, 5) is 2.28. The molecule has 0 aromatic carbocycles. The summed E-state index contributed by atoms with van der Waals surface area (Å²) < 4.78 is 40.0. The summed E-state index contributed by atoms with van der Waals surface area (Å²) >= 11 is 0. The van der Waals surface area contributed by atoms with Gasteiger partial charge < -0.3 is 5.32 Å². The SMILES string of the molecule is CC(C)N[C@@H]1CCC2(C[C@@H]1C(F)(F)F)CN(C(C)C)C2. The standard InChI is InChI=1S/C15H27F3N2/c1-10(2)19-13-5-6-14(7-12(13)15(16,17)18)8-20(9-14)11(3)4/h10-13,19H,5-9H2,1-4H3/t12-,13+/m0/s1. The molecule has 2 fully saturated rings. The third kappa shape index (κ3) is 3.30. The summed E-state index contributed by atoms with van der Waals surface area (Å²) in [5.41, 5.74) is -0.0837. The van der Waals surface area contributed by atoms with Gasteiger partial charge in [-0.25, -0.2) is 0 Å². The molecule has 0 radical (unpaired) electrons. The summed E-state index contributed by atoms with van der Waals surface area (Å²) in [6.45, 7) is 9.74. The van der Waals surface area contributed by atoms with Crippen molar-refractivity contribution in [2.75, 3.05) is 13.1 Å². The highest BCUT2D eigenvalue weighted by atomic mass is 19.4. The molecule has 1 N–H and O–H groups in total. The van der Waals surface area contributed by atoms with Gasteiger partial charge in [0.25, 0.3) is 0 Å². The van der Waals surface area contributed by atoms with Crippen molar-refractivity contribution in [2.45, 2.75) is 71.3 Å². The van der Waals surface area contributed by atoms with Gasteiger partial charge in [0.05, 0.1) is 5.92 Å². The highest BCUT2D eigenvalue weighted by Gasteiger charge is 2.55. The summed E-state index contributed by atoms with van der Waals surface area (Å²) in [6, 6.07) is 0.137. The van der Waals surface area contributed by atoms with E-state index in [2.05, 4.69) is 24.1 Å². The number of alkyl halides is 3. The summed E-state index contributed by atoms with van der Waals surface area (Å²) in [5.74, 6) is -1.19. The number of hydrogen-bond acceptors (Lipinski definition) is 2. The van der Waals surface area contributed by atoms with E-state index in [-0.39, 0.29) is 11.5 Å². The van der Waals surface area contributed by atoms with Gasteiger partial charge in [0.2, 0.25) is 0 Å². The predicted molar refractivity (Wildman–Crippen MR) is 74.6 cm³/mol. The molecule has 1 aliphatic carbocycles. The zero-order valence-electron chi connectivity index (χ0n) is 12.9. The van der Waals surface area contributed by atoms with Crippen LogP contribution in [0.5, 0.6) is 0 Å². The molecule has 1 spiro atoms. The zero-order chi connectivity index (χ0) is 15.1. The molecule has 2 aliphatic rings. The Morgan fingerprint density at radius 3 is 2.20 bits per heavy atom. The van der Waals surface area contributed by atoms with Crippen molar-refractivity contribution in [1.29, 1.82) is 0 Å². The van der Waals surface area contributed by atoms with E-state index in [9.17, 15) is 13.2 Å². The van der Waals surface area contributed by atoms with Crippen LogP contribution in [0.4, 0.5) is 13.2 Å². The highest BCUT2D eigenvalue weighted by molar-refractivity contribution is 5.04. The van der Waals surface area contributed by atoms with Crippen LogP contribution in [0.3, 0.4) is 0 Å². The molecule has 0 amide bonds. The minimum absolute atomic E-state index is 0.0837. The van der Waals surface area contributed by atoms with E-state index in [1.807, 2.05) is 13.8 Å².